The monoisotopic (exact) mass is 257 g/mol. The van der Waals surface area contributed by atoms with Crippen LogP contribution in [0.15, 0.2) is 24.3 Å². The second-order valence-electron chi connectivity index (χ2n) is 5.12. The van der Waals surface area contributed by atoms with E-state index in [0.29, 0.717) is 17.2 Å². The SMILES string of the molecule is CN(CC1CCCC1)C(=O)Nc1ccccc1C#N. The zero-order valence-electron chi connectivity index (χ0n) is 11.2. The zero-order valence-corrected chi connectivity index (χ0v) is 11.2. The number of rotatable bonds is 3. The lowest BCUT2D eigenvalue weighted by Crippen LogP contribution is -2.34. The number of nitrogens with zero attached hydrogens (tertiary/aromatic N) is 2. The number of carbonyl (C=O) groups excluding carboxylic acids is 1. The van der Waals surface area contributed by atoms with E-state index in [9.17, 15) is 4.79 Å². The van der Waals surface area contributed by atoms with Crippen molar-refractivity contribution in [3.8, 4) is 6.07 Å². The van der Waals surface area contributed by atoms with Crippen LogP contribution >= 0.6 is 0 Å². The lowest BCUT2D eigenvalue weighted by atomic mass is 10.1. The van der Waals surface area contributed by atoms with Crippen LogP contribution in [-0.4, -0.2) is 24.5 Å². The molecule has 1 N–H and O–H groups in total. The zero-order chi connectivity index (χ0) is 13.7. The van der Waals surface area contributed by atoms with Gasteiger partial charge in [0.2, 0.25) is 0 Å². The molecule has 0 heterocycles. The van der Waals surface area contributed by atoms with Gasteiger partial charge in [0.25, 0.3) is 0 Å². The highest BCUT2D eigenvalue weighted by atomic mass is 16.2. The van der Waals surface area contributed by atoms with E-state index in [2.05, 4.69) is 11.4 Å². The fourth-order valence-corrected chi connectivity index (χ4v) is 2.56. The molecule has 0 atom stereocenters. The van der Waals surface area contributed by atoms with Crippen LogP contribution in [0.5, 0.6) is 0 Å². The Morgan fingerprint density at radius 1 is 1.42 bits per heavy atom. The normalized spacial score (nSPS) is 14.9. The van der Waals surface area contributed by atoms with Crippen LogP contribution in [-0.2, 0) is 0 Å². The smallest absolute Gasteiger partial charge is 0.321 e. The average molecular weight is 257 g/mol. The Morgan fingerprint density at radius 2 is 2.11 bits per heavy atom. The molecule has 0 radical (unpaired) electrons. The molecule has 2 amide bonds. The van der Waals surface area contributed by atoms with Gasteiger partial charge in [0, 0.05) is 13.6 Å². The highest BCUT2D eigenvalue weighted by Crippen LogP contribution is 2.25. The Morgan fingerprint density at radius 3 is 2.79 bits per heavy atom. The third kappa shape index (κ3) is 3.47. The van der Waals surface area contributed by atoms with Gasteiger partial charge in [-0.15, -0.1) is 0 Å². The number of amides is 2. The molecular formula is C15H19N3O. The number of nitrogens with one attached hydrogen (secondary N) is 1. The van der Waals surface area contributed by atoms with Gasteiger partial charge >= 0.3 is 6.03 Å². The van der Waals surface area contributed by atoms with Crippen LogP contribution in [0.1, 0.15) is 31.2 Å². The Hall–Kier alpha value is -2.02. The van der Waals surface area contributed by atoms with E-state index >= 15 is 0 Å². The van der Waals surface area contributed by atoms with E-state index in [1.165, 1.54) is 25.7 Å². The Labute approximate surface area is 114 Å². The fraction of sp³-hybridized carbons (Fsp3) is 0.467. The minimum Gasteiger partial charge on any atom is -0.327 e. The Bertz CT molecular complexity index is 486. The lowest BCUT2D eigenvalue weighted by molar-refractivity contribution is 0.214. The van der Waals surface area contributed by atoms with Crippen LogP contribution in [0.3, 0.4) is 0 Å². The number of hydrogen-bond acceptors (Lipinski definition) is 2. The molecule has 1 aromatic rings. The molecule has 2 rings (SSSR count). The van der Waals surface area contributed by atoms with Crippen molar-refractivity contribution in [3.05, 3.63) is 29.8 Å². The van der Waals surface area contributed by atoms with E-state index in [4.69, 9.17) is 5.26 Å². The van der Waals surface area contributed by atoms with Crippen LogP contribution < -0.4 is 5.32 Å². The quantitative estimate of drug-likeness (QED) is 0.904. The summed E-state index contributed by atoms with van der Waals surface area (Å²) >= 11 is 0. The summed E-state index contributed by atoms with van der Waals surface area (Å²) in [5.74, 6) is 0.627. The summed E-state index contributed by atoms with van der Waals surface area (Å²) < 4.78 is 0. The second-order valence-corrected chi connectivity index (χ2v) is 5.12. The largest absolute Gasteiger partial charge is 0.327 e. The van der Waals surface area contributed by atoms with Crippen molar-refractivity contribution in [2.24, 2.45) is 5.92 Å². The van der Waals surface area contributed by atoms with Crippen molar-refractivity contribution >= 4 is 11.7 Å². The molecule has 0 saturated heterocycles. The maximum Gasteiger partial charge on any atom is 0.321 e. The molecule has 0 bridgehead atoms. The second kappa shape index (κ2) is 6.24. The van der Waals surface area contributed by atoms with Gasteiger partial charge < -0.3 is 10.2 Å². The first-order valence-electron chi connectivity index (χ1n) is 6.72. The van der Waals surface area contributed by atoms with Crippen molar-refractivity contribution in [2.45, 2.75) is 25.7 Å². The summed E-state index contributed by atoms with van der Waals surface area (Å²) in [6, 6.07) is 8.99. The van der Waals surface area contributed by atoms with Gasteiger partial charge in [-0.05, 0) is 30.9 Å². The fourth-order valence-electron chi connectivity index (χ4n) is 2.56. The lowest BCUT2D eigenvalue weighted by Gasteiger charge is -2.21. The molecule has 0 spiro atoms. The van der Waals surface area contributed by atoms with E-state index < -0.39 is 0 Å². The van der Waals surface area contributed by atoms with Gasteiger partial charge in [0.1, 0.15) is 6.07 Å². The molecule has 1 saturated carbocycles. The predicted molar refractivity (Wildman–Crippen MR) is 74.8 cm³/mol. The number of para-hydroxylation sites is 1. The molecule has 19 heavy (non-hydrogen) atoms. The predicted octanol–water partition coefficient (Wildman–Crippen LogP) is 3.21. The first kappa shape index (κ1) is 13.4. The van der Waals surface area contributed by atoms with Gasteiger partial charge in [-0.25, -0.2) is 4.79 Å². The van der Waals surface area contributed by atoms with Crippen molar-refractivity contribution in [1.29, 1.82) is 5.26 Å². The molecule has 1 fully saturated rings. The van der Waals surface area contributed by atoms with Crippen LogP contribution in [0, 0.1) is 17.2 Å². The maximum atomic E-state index is 12.1. The number of benzene rings is 1. The molecule has 100 valence electrons. The van der Waals surface area contributed by atoms with Crippen molar-refractivity contribution in [1.82, 2.24) is 4.90 Å². The summed E-state index contributed by atoms with van der Waals surface area (Å²) in [6.07, 6.45) is 4.98. The highest BCUT2D eigenvalue weighted by molar-refractivity contribution is 5.90. The maximum absolute atomic E-state index is 12.1. The highest BCUT2D eigenvalue weighted by Gasteiger charge is 2.19. The molecule has 1 aliphatic carbocycles. The first-order valence-corrected chi connectivity index (χ1v) is 6.72. The number of urea groups is 1. The molecule has 0 unspecified atom stereocenters. The minimum atomic E-state index is -0.144. The summed E-state index contributed by atoms with van der Waals surface area (Å²) in [5.41, 5.74) is 1.07. The first-order chi connectivity index (χ1) is 9.20. The molecular weight excluding hydrogens is 238 g/mol. The Balaban J connectivity index is 1.94. The van der Waals surface area contributed by atoms with E-state index in [-0.39, 0.29) is 6.03 Å². The van der Waals surface area contributed by atoms with Crippen molar-refractivity contribution in [2.75, 3.05) is 18.9 Å². The third-order valence-corrected chi connectivity index (χ3v) is 3.64. The van der Waals surface area contributed by atoms with Gasteiger partial charge in [-0.3, -0.25) is 0 Å². The number of hydrogen-bond donors (Lipinski definition) is 1. The third-order valence-electron chi connectivity index (χ3n) is 3.64. The van der Waals surface area contributed by atoms with Gasteiger partial charge in [-0.1, -0.05) is 25.0 Å². The minimum absolute atomic E-state index is 0.144. The van der Waals surface area contributed by atoms with Crippen molar-refractivity contribution in [3.63, 3.8) is 0 Å². The molecule has 1 aromatic carbocycles. The molecule has 0 aromatic heterocycles. The molecule has 4 heteroatoms. The van der Waals surface area contributed by atoms with Gasteiger partial charge in [0.05, 0.1) is 11.3 Å². The van der Waals surface area contributed by atoms with E-state index in [1.54, 1.807) is 23.1 Å². The Kier molecular flexibility index (Phi) is 4.40. The topological polar surface area (TPSA) is 56.1 Å². The average Bonchev–Trinajstić information content (AvgIpc) is 2.92. The van der Waals surface area contributed by atoms with Crippen LogP contribution in [0.4, 0.5) is 10.5 Å². The standard InChI is InChI=1S/C15H19N3O/c1-18(11-12-6-2-3-7-12)15(19)17-14-9-5-4-8-13(14)10-16/h4-5,8-9,12H,2-3,6-7,11H2,1H3,(H,17,19). The van der Waals surface area contributed by atoms with Gasteiger partial charge in [0.15, 0.2) is 0 Å². The molecule has 0 aliphatic heterocycles. The van der Waals surface area contributed by atoms with Gasteiger partial charge in [-0.2, -0.15) is 5.26 Å². The number of carbonyl (C=O) groups is 1. The van der Waals surface area contributed by atoms with E-state index in [1.807, 2.05) is 13.1 Å². The summed E-state index contributed by atoms with van der Waals surface area (Å²) in [6.45, 7) is 0.792. The molecule has 1 aliphatic rings. The number of anilines is 1. The number of nitriles is 1. The molecule has 4 nitrogen and oxygen atoms in total. The summed E-state index contributed by atoms with van der Waals surface area (Å²) in [5, 5.41) is 11.8. The van der Waals surface area contributed by atoms with Crippen LogP contribution in [0.2, 0.25) is 0 Å². The van der Waals surface area contributed by atoms with Crippen molar-refractivity contribution < 1.29 is 4.79 Å². The van der Waals surface area contributed by atoms with E-state index in [0.717, 1.165) is 6.54 Å². The van der Waals surface area contributed by atoms with Crippen LogP contribution in [0.25, 0.3) is 0 Å². The summed E-state index contributed by atoms with van der Waals surface area (Å²) in [7, 11) is 1.81. The summed E-state index contributed by atoms with van der Waals surface area (Å²) in [4.78, 5) is 13.8.